The minimum Gasteiger partial charge on any atom is -0.391 e. The van der Waals surface area contributed by atoms with Crippen molar-refractivity contribution in [1.29, 1.82) is 0 Å². The van der Waals surface area contributed by atoms with Crippen LogP contribution in [0.3, 0.4) is 0 Å². The fourth-order valence-corrected chi connectivity index (χ4v) is 2.19. The van der Waals surface area contributed by atoms with Gasteiger partial charge >= 0.3 is 6.09 Å². The standard InChI is InChI=1S/C13H17N3O3/c1-16-7-5-9(6-8-16)12(17)10-3-2-4-11(15-10)19-13(14)18/h2-4,9H,5-8H2,1H3,(H2,14,18). The molecule has 2 rings (SSSR count). The van der Waals surface area contributed by atoms with Gasteiger partial charge in [0.1, 0.15) is 5.69 Å². The van der Waals surface area contributed by atoms with Crippen LogP contribution in [0.1, 0.15) is 23.3 Å². The molecule has 0 unspecified atom stereocenters. The van der Waals surface area contributed by atoms with Crippen LogP contribution >= 0.6 is 0 Å². The topological polar surface area (TPSA) is 85.5 Å². The van der Waals surface area contributed by atoms with Gasteiger partial charge in [-0.3, -0.25) is 4.79 Å². The minimum atomic E-state index is -0.934. The molecule has 0 radical (unpaired) electrons. The molecule has 1 aromatic rings. The van der Waals surface area contributed by atoms with Crippen molar-refractivity contribution in [3.8, 4) is 5.88 Å². The SMILES string of the molecule is CN1CCC(C(=O)c2cccc(OC(N)=O)n2)CC1. The number of nitrogens with two attached hydrogens (primary N) is 1. The lowest BCUT2D eigenvalue weighted by Gasteiger charge is -2.27. The fraction of sp³-hybridized carbons (Fsp3) is 0.462. The van der Waals surface area contributed by atoms with Crippen LogP contribution in [0.5, 0.6) is 5.88 Å². The third-order valence-electron chi connectivity index (χ3n) is 3.27. The molecule has 0 bridgehead atoms. The highest BCUT2D eigenvalue weighted by molar-refractivity contribution is 5.96. The van der Waals surface area contributed by atoms with Gasteiger partial charge in [0.2, 0.25) is 5.88 Å². The average Bonchev–Trinajstić information content (AvgIpc) is 2.38. The van der Waals surface area contributed by atoms with Gasteiger partial charge in [0.25, 0.3) is 0 Å². The number of nitrogens with zero attached hydrogens (tertiary/aromatic N) is 2. The maximum Gasteiger partial charge on any atom is 0.411 e. The highest BCUT2D eigenvalue weighted by atomic mass is 16.6. The van der Waals surface area contributed by atoms with Gasteiger partial charge in [0.15, 0.2) is 5.78 Å². The first-order valence-corrected chi connectivity index (χ1v) is 6.23. The van der Waals surface area contributed by atoms with E-state index in [4.69, 9.17) is 5.73 Å². The molecule has 1 fully saturated rings. The summed E-state index contributed by atoms with van der Waals surface area (Å²) < 4.78 is 4.68. The van der Waals surface area contributed by atoms with E-state index < -0.39 is 6.09 Å². The van der Waals surface area contributed by atoms with Crippen molar-refractivity contribution in [2.75, 3.05) is 20.1 Å². The van der Waals surface area contributed by atoms with E-state index in [1.807, 2.05) is 7.05 Å². The molecule has 6 heteroatoms. The molecule has 0 aromatic carbocycles. The van der Waals surface area contributed by atoms with Crippen LogP contribution in [-0.4, -0.2) is 41.9 Å². The second-order valence-electron chi connectivity index (χ2n) is 4.72. The molecule has 1 aliphatic rings. The Morgan fingerprint density at radius 1 is 1.37 bits per heavy atom. The first kappa shape index (κ1) is 13.5. The van der Waals surface area contributed by atoms with E-state index in [-0.39, 0.29) is 17.6 Å². The number of primary amides is 1. The first-order valence-electron chi connectivity index (χ1n) is 6.23. The summed E-state index contributed by atoms with van der Waals surface area (Å²) >= 11 is 0. The third kappa shape index (κ3) is 3.51. The number of rotatable bonds is 3. The number of amides is 1. The van der Waals surface area contributed by atoms with E-state index in [1.165, 1.54) is 6.07 Å². The number of hydrogen-bond donors (Lipinski definition) is 1. The molecule has 1 amide bonds. The van der Waals surface area contributed by atoms with Crippen LogP contribution in [0.25, 0.3) is 0 Å². The number of likely N-dealkylation sites (tertiary alicyclic amines) is 1. The van der Waals surface area contributed by atoms with E-state index in [2.05, 4.69) is 14.6 Å². The Labute approximate surface area is 111 Å². The third-order valence-corrected chi connectivity index (χ3v) is 3.27. The molecule has 19 heavy (non-hydrogen) atoms. The Bertz CT molecular complexity index is 482. The van der Waals surface area contributed by atoms with Crippen LogP contribution in [0, 0.1) is 5.92 Å². The van der Waals surface area contributed by atoms with Crippen molar-refractivity contribution < 1.29 is 14.3 Å². The summed E-state index contributed by atoms with van der Waals surface area (Å²) in [6, 6.07) is 4.76. The van der Waals surface area contributed by atoms with Gasteiger partial charge in [0, 0.05) is 12.0 Å². The van der Waals surface area contributed by atoms with Gasteiger partial charge in [-0.15, -0.1) is 0 Å². The molecule has 1 saturated heterocycles. The van der Waals surface area contributed by atoms with Gasteiger partial charge in [-0.05, 0) is 39.0 Å². The zero-order valence-electron chi connectivity index (χ0n) is 10.8. The quantitative estimate of drug-likeness (QED) is 0.824. The van der Waals surface area contributed by atoms with Crippen LogP contribution in [0.2, 0.25) is 0 Å². The molecule has 0 saturated carbocycles. The van der Waals surface area contributed by atoms with Crippen molar-refractivity contribution in [2.24, 2.45) is 11.7 Å². The van der Waals surface area contributed by atoms with E-state index in [0.29, 0.717) is 5.69 Å². The molecule has 2 N–H and O–H groups in total. The second-order valence-corrected chi connectivity index (χ2v) is 4.72. The van der Waals surface area contributed by atoms with Crippen molar-refractivity contribution in [2.45, 2.75) is 12.8 Å². The number of carbonyl (C=O) groups excluding carboxylic acids is 2. The maximum atomic E-state index is 12.3. The number of hydrogen-bond acceptors (Lipinski definition) is 5. The Balaban J connectivity index is 2.08. The van der Waals surface area contributed by atoms with Crippen LogP contribution in [-0.2, 0) is 0 Å². The van der Waals surface area contributed by atoms with Crippen molar-refractivity contribution in [3.05, 3.63) is 23.9 Å². The van der Waals surface area contributed by atoms with Crippen LogP contribution in [0.15, 0.2) is 18.2 Å². The molecule has 0 spiro atoms. The molecular formula is C13H17N3O3. The summed E-state index contributed by atoms with van der Waals surface area (Å²) in [5, 5.41) is 0. The fourth-order valence-electron chi connectivity index (χ4n) is 2.19. The molecule has 0 atom stereocenters. The first-order chi connectivity index (χ1) is 9.06. The van der Waals surface area contributed by atoms with E-state index in [0.717, 1.165) is 25.9 Å². The number of ketones is 1. The predicted octanol–water partition coefficient (Wildman–Crippen LogP) is 1.06. The lowest BCUT2D eigenvalue weighted by Crippen LogP contribution is -2.33. The second kappa shape index (κ2) is 5.79. The Morgan fingerprint density at radius 3 is 2.68 bits per heavy atom. The van der Waals surface area contributed by atoms with Gasteiger partial charge in [0.05, 0.1) is 0 Å². The van der Waals surface area contributed by atoms with Crippen LogP contribution < -0.4 is 10.5 Å². The zero-order valence-corrected chi connectivity index (χ0v) is 10.8. The predicted molar refractivity (Wildman–Crippen MR) is 69.0 cm³/mol. The summed E-state index contributed by atoms with van der Waals surface area (Å²) in [5.74, 6) is 0.0572. The average molecular weight is 263 g/mol. The lowest BCUT2D eigenvalue weighted by molar-refractivity contribution is 0.0850. The number of ether oxygens (including phenoxy) is 1. The maximum absolute atomic E-state index is 12.3. The Kier molecular flexibility index (Phi) is 4.11. The molecule has 1 aliphatic heterocycles. The zero-order chi connectivity index (χ0) is 13.8. The molecule has 2 heterocycles. The monoisotopic (exact) mass is 263 g/mol. The Hall–Kier alpha value is -1.95. The number of carbonyl (C=O) groups is 2. The van der Waals surface area contributed by atoms with Crippen molar-refractivity contribution >= 4 is 11.9 Å². The van der Waals surface area contributed by atoms with Crippen molar-refractivity contribution in [1.82, 2.24) is 9.88 Å². The minimum absolute atomic E-state index is 0.00280. The van der Waals surface area contributed by atoms with E-state index in [9.17, 15) is 9.59 Å². The van der Waals surface area contributed by atoms with Gasteiger partial charge in [-0.25, -0.2) is 9.78 Å². The molecule has 0 aliphatic carbocycles. The van der Waals surface area contributed by atoms with E-state index >= 15 is 0 Å². The highest BCUT2D eigenvalue weighted by Crippen LogP contribution is 2.21. The molecule has 1 aromatic heterocycles. The molecular weight excluding hydrogens is 246 g/mol. The largest absolute Gasteiger partial charge is 0.411 e. The summed E-state index contributed by atoms with van der Waals surface area (Å²) in [6.45, 7) is 1.82. The summed E-state index contributed by atoms with van der Waals surface area (Å²) in [7, 11) is 2.04. The van der Waals surface area contributed by atoms with Gasteiger partial charge in [-0.1, -0.05) is 6.07 Å². The smallest absolute Gasteiger partial charge is 0.391 e. The Morgan fingerprint density at radius 2 is 2.05 bits per heavy atom. The summed E-state index contributed by atoms with van der Waals surface area (Å²) in [6.07, 6.45) is 0.729. The highest BCUT2D eigenvalue weighted by Gasteiger charge is 2.25. The van der Waals surface area contributed by atoms with Gasteiger partial charge < -0.3 is 15.4 Å². The van der Waals surface area contributed by atoms with Crippen molar-refractivity contribution in [3.63, 3.8) is 0 Å². The summed E-state index contributed by atoms with van der Waals surface area (Å²) in [4.78, 5) is 29.2. The van der Waals surface area contributed by atoms with E-state index in [1.54, 1.807) is 12.1 Å². The lowest BCUT2D eigenvalue weighted by atomic mass is 9.91. The normalized spacial score (nSPS) is 17.1. The van der Waals surface area contributed by atoms with Gasteiger partial charge in [-0.2, -0.15) is 0 Å². The number of Topliss-reactive ketones (excluding diaryl/α,β-unsaturated/α-hetero) is 1. The summed E-state index contributed by atoms with van der Waals surface area (Å²) in [5.41, 5.74) is 5.24. The molecule has 102 valence electrons. The number of piperidine rings is 1. The molecule has 6 nitrogen and oxygen atoms in total. The number of aromatic nitrogens is 1. The van der Waals surface area contributed by atoms with Crippen LogP contribution in [0.4, 0.5) is 4.79 Å². The number of pyridine rings is 1.